The van der Waals surface area contributed by atoms with Crippen LogP contribution in [-0.2, 0) is 11.3 Å². The van der Waals surface area contributed by atoms with Crippen LogP contribution in [0.5, 0.6) is 0 Å². The van der Waals surface area contributed by atoms with Gasteiger partial charge in [-0.15, -0.1) is 0 Å². The van der Waals surface area contributed by atoms with Gasteiger partial charge in [0.25, 0.3) is 0 Å². The Morgan fingerprint density at radius 2 is 2.13 bits per heavy atom. The predicted octanol–water partition coefficient (Wildman–Crippen LogP) is 3.17. The van der Waals surface area contributed by atoms with Gasteiger partial charge in [0.1, 0.15) is 5.60 Å². The second-order valence-corrected chi connectivity index (χ2v) is 7.49. The number of likely N-dealkylation sites (tertiary alicyclic amines) is 1. The van der Waals surface area contributed by atoms with Gasteiger partial charge in [-0.2, -0.15) is 0 Å². The lowest BCUT2D eigenvalue weighted by molar-refractivity contribution is 0.0293. The molecule has 1 aromatic rings. The molecule has 1 fully saturated rings. The molecule has 23 heavy (non-hydrogen) atoms. The largest absolute Gasteiger partial charge is 0.444 e. The third kappa shape index (κ3) is 5.75. The molecule has 1 N–H and O–H groups in total. The van der Waals surface area contributed by atoms with Crippen LogP contribution >= 0.6 is 0 Å². The van der Waals surface area contributed by atoms with Crippen molar-refractivity contribution in [2.45, 2.75) is 45.4 Å². The van der Waals surface area contributed by atoms with Gasteiger partial charge in [-0.3, -0.25) is 0 Å². The van der Waals surface area contributed by atoms with E-state index in [1.54, 1.807) is 4.90 Å². The predicted molar refractivity (Wildman–Crippen MR) is 93.7 cm³/mol. The van der Waals surface area contributed by atoms with Crippen molar-refractivity contribution in [1.29, 1.82) is 0 Å². The number of hydrogen-bond acceptors (Lipinski definition) is 4. The summed E-state index contributed by atoms with van der Waals surface area (Å²) >= 11 is 0. The van der Waals surface area contributed by atoms with Crippen molar-refractivity contribution in [3.63, 3.8) is 0 Å². The summed E-state index contributed by atoms with van der Waals surface area (Å²) in [7, 11) is 4.13. The highest BCUT2D eigenvalue weighted by Gasteiger charge is 2.29. The number of nitrogens with zero attached hydrogens (tertiary/aromatic N) is 2. The van der Waals surface area contributed by atoms with E-state index in [4.69, 9.17) is 4.74 Å². The summed E-state index contributed by atoms with van der Waals surface area (Å²) in [5.74, 6) is 0. The van der Waals surface area contributed by atoms with E-state index in [9.17, 15) is 4.79 Å². The van der Waals surface area contributed by atoms with Crippen LogP contribution in [0.15, 0.2) is 24.3 Å². The molecule has 0 saturated carbocycles. The van der Waals surface area contributed by atoms with Crippen LogP contribution in [-0.4, -0.2) is 54.7 Å². The molecular weight excluding hydrogens is 290 g/mol. The molecule has 0 radical (unpaired) electrons. The number of carbonyl (C=O) groups is 1. The molecule has 1 aliphatic rings. The van der Waals surface area contributed by atoms with Gasteiger partial charge in [0.15, 0.2) is 0 Å². The zero-order chi connectivity index (χ0) is 17.0. The first kappa shape index (κ1) is 17.6. The van der Waals surface area contributed by atoms with Gasteiger partial charge in [0, 0.05) is 31.4 Å². The number of anilines is 1. The number of carbonyl (C=O) groups excluding carboxylic acids is 1. The average Bonchev–Trinajstić information content (AvgIpc) is 2.85. The normalized spacial score (nSPS) is 18.3. The number of benzene rings is 1. The summed E-state index contributed by atoms with van der Waals surface area (Å²) in [6.45, 7) is 8.04. The van der Waals surface area contributed by atoms with Gasteiger partial charge >= 0.3 is 6.09 Å². The average molecular weight is 319 g/mol. The van der Waals surface area contributed by atoms with Crippen molar-refractivity contribution >= 4 is 11.8 Å². The zero-order valence-corrected chi connectivity index (χ0v) is 14.9. The molecule has 0 spiro atoms. The van der Waals surface area contributed by atoms with Crippen molar-refractivity contribution < 1.29 is 9.53 Å². The number of ether oxygens (including phenoxy) is 1. The van der Waals surface area contributed by atoms with Gasteiger partial charge in [0.05, 0.1) is 0 Å². The smallest absolute Gasteiger partial charge is 0.410 e. The van der Waals surface area contributed by atoms with E-state index in [1.807, 2.05) is 20.8 Å². The topological polar surface area (TPSA) is 44.8 Å². The summed E-state index contributed by atoms with van der Waals surface area (Å²) in [5, 5.41) is 3.53. The fraction of sp³-hybridized carbons (Fsp3) is 0.611. The highest BCUT2D eigenvalue weighted by Crippen LogP contribution is 2.19. The van der Waals surface area contributed by atoms with E-state index in [-0.39, 0.29) is 12.1 Å². The molecule has 0 aromatic heterocycles. The minimum atomic E-state index is -0.441. The van der Waals surface area contributed by atoms with Crippen LogP contribution in [0.2, 0.25) is 0 Å². The van der Waals surface area contributed by atoms with Crippen molar-refractivity contribution in [3.05, 3.63) is 29.8 Å². The van der Waals surface area contributed by atoms with E-state index < -0.39 is 5.60 Å². The lowest BCUT2D eigenvalue weighted by Gasteiger charge is -2.24. The Bertz CT molecular complexity index is 537. The van der Waals surface area contributed by atoms with E-state index >= 15 is 0 Å². The minimum Gasteiger partial charge on any atom is -0.444 e. The monoisotopic (exact) mass is 319 g/mol. The maximum atomic E-state index is 12.1. The van der Waals surface area contributed by atoms with Crippen molar-refractivity contribution in [3.8, 4) is 0 Å². The highest BCUT2D eigenvalue weighted by atomic mass is 16.6. The summed E-state index contributed by atoms with van der Waals surface area (Å²) in [4.78, 5) is 16.0. The van der Waals surface area contributed by atoms with Gasteiger partial charge < -0.3 is 19.9 Å². The molecule has 5 nitrogen and oxygen atoms in total. The summed E-state index contributed by atoms with van der Waals surface area (Å²) in [5.41, 5.74) is 1.95. The number of hydrogen-bond donors (Lipinski definition) is 1. The molecule has 0 aliphatic carbocycles. The molecule has 1 amide bonds. The highest BCUT2D eigenvalue weighted by molar-refractivity contribution is 5.68. The van der Waals surface area contributed by atoms with Gasteiger partial charge in [-0.05, 0) is 59.0 Å². The van der Waals surface area contributed by atoms with Crippen LogP contribution in [0.4, 0.5) is 10.5 Å². The fourth-order valence-corrected chi connectivity index (χ4v) is 2.73. The maximum absolute atomic E-state index is 12.1. The molecule has 1 aromatic carbocycles. The lowest BCUT2D eigenvalue weighted by atomic mass is 10.1. The third-order valence-electron chi connectivity index (χ3n) is 3.64. The number of nitrogens with one attached hydrogen (secondary N) is 1. The first-order valence-electron chi connectivity index (χ1n) is 8.21. The van der Waals surface area contributed by atoms with Gasteiger partial charge in [0.2, 0.25) is 0 Å². The molecular formula is C18H29N3O2. The Hall–Kier alpha value is -1.75. The van der Waals surface area contributed by atoms with E-state index in [2.05, 4.69) is 48.6 Å². The molecule has 1 unspecified atom stereocenters. The first-order chi connectivity index (χ1) is 10.7. The van der Waals surface area contributed by atoms with E-state index in [1.165, 1.54) is 5.56 Å². The quantitative estimate of drug-likeness (QED) is 0.926. The van der Waals surface area contributed by atoms with Crippen molar-refractivity contribution in [2.75, 3.05) is 32.5 Å². The molecule has 1 atom stereocenters. The summed E-state index contributed by atoms with van der Waals surface area (Å²) in [6, 6.07) is 8.73. The first-order valence-corrected chi connectivity index (χ1v) is 8.21. The molecule has 1 saturated heterocycles. The molecule has 0 bridgehead atoms. The van der Waals surface area contributed by atoms with Gasteiger partial charge in [-0.25, -0.2) is 4.79 Å². The van der Waals surface area contributed by atoms with Crippen LogP contribution in [0.1, 0.15) is 32.8 Å². The van der Waals surface area contributed by atoms with Crippen LogP contribution in [0, 0.1) is 0 Å². The fourth-order valence-electron chi connectivity index (χ4n) is 2.73. The van der Waals surface area contributed by atoms with Crippen LogP contribution in [0.25, 0.3) is 0 Å². The summed E-state index contributed by atoms with van der Waals surface area (Å²) < 4.78 is 5.44. The standard InChI is InChI=1S/C18H29N3O2/c1-18(2,3)23-17(22)21-10-9-16(13-21)19-15-8-6-7-14(11-15)12-20(4)5/h6-8,11,16,19H,9-10,12-13H2,1-5H3. The molecule has 5 heteroatoms. The Balaban J connectivity index is 1.89. The third-order valence-corrected chi connectivity index (χ3v) is 3.64. The Labute approximate surface area is 139 Å². The number of rotatable bonds is 4. The molecule has 1 heterocycles. The Morgan fingerprint density at radius 1 is 1.39 bits per heavy atom. The lowest BCUT2D eigenvalue weighted by Crippen LogP contribution is -2.36. The van der Waals surface area contributed by atoms with Crippen LogP contribution in [0.3, 0.4) is 0 Å². The van der Waals surface area contributed by atoms with E-state index in [0.29, 0.717) is 6.54 Å². The molecule has 128 valence electrons. The van der Waals surface area contributed by atoms with E-state index in [0.717, 1.165) is 25.2 Å². The maximum Gasteiger partial charge on any atom is 0.410 e. The summed E-state index contributed by atoms with van der Waals surface area (Å²) in [6.07, 6.45) is 0.722. The van der Waals surface area contributed by atoms with Crippen LogP contribution < -0.4 is 5.32 Å². The molecule has 1 aliphatic heterocycles. The Kier molecular flexibility index (Phi) is 5.52. The SMILES string of the molecule is CN(C)Cc1cccc(NC2CCN(C(=O)OC(C)(C)C)C2)c1. The van der Waals surface area contributed by atoms with Gasteiger partial charge in [-0.1, -0.05) is 12.1 Å². The minimum absolute atomic E-state index is 0.219. The second-order valence-electron chi connectivity index (χ2n) is 7.49. The second kappa shape index (κ2) is 7.21. The molecule has 2 rings (SSSR count). The number of amides is 1. The van der Waals surface area contributed by atoms with Crippen molar-refractivity contribution in [2.24, 2.45) is 0 Å². The van der Waals surface area contributed by atoms with Crippen molar-refractivity contribution in [1.82, 2.24) is 9.80 Å². The Morgan fingerprint density at radius 3 is 2.78 bits per heavy atom. The zero-order valence-electron chi connectivity index (χ0n) is 14.9.